The van der Waals surface area contributed by atoms with E-state index in [1.54, 1.807) is 24.3 Å². The van der Waals surface area contributed by atoms with Crippen molar-refractivity contribution >= 4 is 9.84 Å². The molecule has 0 aromatic heterocycles. The molecule has 1 aliphatic carbocycles. The summed E-state index contributed by atoms with van der Waals surface area (Å²) in [6, 6.07) is 8.39. The van der Waals surface area contributed by atoms with E-state index in [1.807, 2.05) is 0 Å². The Kier molecular flexibility index (Phi) is 5.76. The van der Waals surface area contributed by atoms with Crippen LogP contribution < -0.4 is 10.1 Å². The first kappa shape index (κ1) is 19.2. The van der Waals surface area contributed by atoms with Gasteiger partial charge in [-0.1, -0.05) is 19.3 Å². The summed E-state index contributed by atoms with van der Waals surface area (Å²) in [5.41, 5.74) is 0. The molecule has 2 aliphatic heterocycles. The summed E-state index contributed by atoms with van der Waals surface area (Å²) in [6.45, 7) is 5.30. The maximum atomic E-state index is 12.4. The van der Waals surface area contributed by atoms with Crippen LogP contribution in [0, 0.1) is 5.92 Å². The molecule has 4 rings (SSSR count). The van der Waals surface area contributed by atoms with Crippen molar-refractivity contribution in [1.29, 1.82) is 0 Å². The molecule has 150 valence electrons. The highest BCUT2D eigenvalue weighted by Gasteiger charge is 2.35. The summed E-state index contributed by atoms with van der Waals surface area (Å²) in [5, 5.41) is 2.74. The van der Waals surface area contributed by atoms with Gasteiger partial charge in [-0.3, -0.25) is 4.90 Å². The van der Waals surface area contributed by atoms with E-state index in [-0.39, 0.29) is 5.25 Å². The van der Waals surface area contributed by atoms with Crippen LogP contribution in [0.2, 0.25) is 0 Å². The number of hydrogen-bond donors (Lipinski definition) is 1. The van der Waals surface area contributed by atoms with Crippen LogP contribution in [0.25, 0.3) is 0 Å². The van der Waals surface area contributed by atoms with Crippen molar-refractivity contribution in [3.8, 4) is 5.75 Å². The molecule has 1 saturated carbocycles. The Bertz CT molecular complexity index is 724. The molecule has 1 N–H and O–H groups in total. The standard InChI is InChI=1S/C21H32N2O3S/c1-16-11-17(14-23(16)18-5-3-2-4-6-18)15-26-19-7-9-20(10-8-19)27(24,25)21-12-22-13-21/h7-10,16-18,21-22H,2-6,11-15H2,1H3. The number of nitrogens with zero attached hydrogens (tertiary/aromatic N) is 1. The lowest BCUT2D eigenvalue weighted by molar-refractivity contribution is 0.143. The van der Waals surface area contributed by atoms with E-state index in [4.69, 9.17) is 4.74 Å². The highest BCUT2D eigenvalue weighted by molar-refractivity contribution is 7.92. The molecule has 2 saturated heterocycles. The monoisotopic (exact) mass is 392 g/mol. The molecule has 6 heteroatoms. The Labute approximate surface area is 163 Å². The number of likely N-dealkylation sites (tertiary alicyclic amines) is 1. The lowest BCUT2D eigenvalue weighted by Gasteiger charge is -2.34. The average molecular weight is 393 g/mol. The molecular formula is C21H32N2O3S. The van der Waals surface area contributed by atoms with Gasteiger partial charge in [0.05, 0.1) is 16.8 Å². The summed E-state index contributed by atoms with van der Waals surface area (Å²) < 4.78 is 30.9. The predicted octanol–water partition coefficient (Wildman–Crippen LogP) is 2.85. The van der Waals surface area contributed by atoms with E-state index in [2.05, 4.69) is 17.1 Å². The summed E-state index contributed by atoms with van der Waals surface area (Å²) in [7, 11) is -3.20. The quantitative estimate of drug-likeness (QED) is 0.807. The van der Waals surface area contributed by atoms with Crippen molar-refractivity contribution < 1.29 is 13.2 Å². The van der Waals surface area contributed by atoms with Gasteiger partial charge in [0.25, 0.3) is 0 Å². The van der Waals surface area contributed by atoms with Gasteiger partial charge in [-0.15, -0.1) is 0 Å². The zero-order chi connectivity index (χ0) is 18.9. The molecular weight excluding hydrogens is 360 g/mol. The number of rotatable bonds is 6. The van der Waals surface area contributed by atoms with Crippen molar-refractivity contribution in [3.05, 3.63) is 24.3 Å². The van der Waals surface area contributed by atoms with E-state index in [1.165, 1.54) is 38.5 Å². The number of hydrogen-bond acceptors (Lipinski definition) is 5. The molecule has 0 amide bonds. The smallest absolute Gasteiger partial charge is 0.183 e. The van der Waals surface area contributed by atoms with E-state index in [9.17, 15) is 8.42 Å². The zero-order valence-electron chi connectivity index (χ0n) is 16.3. The molecule has 27 heavy (non-hydrogen) atoms. The van der Waals surface area contributed by atoms with Gasteiger partial charge in [-0.25, -0.2) is 8.42 Å². The first-order chi connectivity index (χ1) is 13.0. The lowest BCUT2D eigenvalue weighted by atomic mass is 9.94. The average Bonchev–Trinajstić information content (AvgIpc) is 3.00. The molecule has 0 radical (unpaired) electrons. The largest absolute Gasteiger partial charge is 0.493 e. The molecule has 2 atom stereocenters. The Balaban J connectivity index is 1.30. The van der Waals surface area contributed by atoms with E-state index in [0.717, 1.165) is 18.3 Å². The minimum Gasteiger partial charge on any atom is -0.493 e. The minimum absolute atomic E-state index is 0.282. The molecule has 2 heterocycles. The molecule has 2 unspecified atom stereocenters. The van der Waals surface area contributed by atoms with Gasteiger partial charge < -0.3 is 10.1 Å². The van der Waals surface area contributed by atoms with Crippen LogP contribution >= 0.6 is 0 Å². The van der Waals surface area contributed by atoms with Crippen molar-refractivity contribution in [3.63, 3.8) is 0 Å². The topological polar surface area (TPSA) is 58.6 Å². The zero-order valence-corrected chi connectivity index (χ0v) is 17.1. The van der Waals surface area contributed by atoms with E-state index in [0.29, 0.717) is 36.6 Å². The van der Waals surface area contributed by atoms with Crippen molar-refractivity contribution in [2.75, 3.05) is 26.2 Å². The van der Waals surface area contributed by atoms with Crippen LogP contribution in [0.5, 0.6) is 5.75 Å². The summed E-state index contributed by atoms with van der Waals surface area (Å²) in [4.78, 5) is 3.11. The fourth-order valence-electron chi connectivity index (χ4n) is 4.83. The molecule has 1 aromatic rings. The fraction of sp³-hybridized carbons (Fsp3) is 0.714. The van der Waals surface area contributed by atoms with Crippen molar-refractivity contribution in [1.82, 2.24) is 10.2 Å². The van der Waals surface area contributed by atoms with Gasteiger partial charge in [0, 0.05) is 37.6 Å². The summed E-state index contributed by atoms with van der Waals surface area (Å²) >= 11 is 0. The van der Waals surface area contributed by atoms with Crippen LogP contribution in [0.4, 0.5) is 0 Å². The number of sulfone groups is 1. The Morgan fingerprint density at radius 2 is 1.81 bits per heavy atom. The van der Waals surface area contributed by atoms with Gasteiger partial charge in [-0.2, -0.15) is 0 Å². The van der Waals surface area contributed by atoms with Crippen LogP contribution in [-0.4, -0.2) is 56.9 Å². The van der Waals surface area contributed by atoms with Crippen LogP contribution in [0.3, 0.4) is 0 Å². The molecule has 0 spiro atoms. The Hall–Kier alpha value is -1.11. The van der Waals surface area contributed by atoms with E-state index < -0.39 is 9.84 Å². The molecule has 1 aromatic carbocycles. The molecule has 3 fully saturated rings. The number of nitrogens with one attached hydrogen (secondary N) is 1. The lowest BCUT2D eigenvalue weighted by Crippen LogP contribution is -2.51. The first-order valence-electron chi connectivity index (χ1n) is 10.5. The molecule has 3 aliphatic rings. The van der Waals surface area contributed by atoms with Crippen molar-refractivity contribution in [2.45, 2.75) is 67.7 Å². The minimum atomic E-state index is -3.20. The number of ether oxygens (including phenoxy) is 1. The van der Waals surface area contributed by atoms with E-state index >= 15 is 0 Å². The van der Waals surface area contributed by atoms with Crippen LogP contribution in [-0.2, 0) is 9.84 Å². The second kappa shape index (κ2) is 8.10. The SMILES string of the molecule is CC1CC(COc2ccc(S(=O)(=O)C3CNC3)cc2)CN1C1CCCCC1. The Morgan fingerprint density at radius 1 is 1.11 bits per heavy atom. The van der Waals surface area contributed by atoms with Gasteiger partial charge in [0.1, 0.15) is 5.75 Å². The van der Waals surface area contributed by atoms with Gasteiger partial charge in [-0.05, 0) is 50.5 Å². The summed E-state index contributed by atoms with van der Waals surface area (Å²) in [6.07, 6.45) is 8.04. The third-order valence-corrected chi connectivity index (χ3v) is 8.71. The van der Waals surface area contributed by atoms with Gasteiger partial charge in [0.15, 0.2) is 9.84 Å². The van der Waals surface area contributed by atoms with Crippen molar-refractivity contribution in [2.24, 2.45) is 5.92 Å². The third kappa shape index (κ3) is 4.17. The predicted molar refractivity (Wildman–Crippen MR) is 107 cm³/mol. The fourth-order valence-corrected chi connectivity index (χ4v) is 6.40. The molecule has 5 nitrogen and oxygen atoms in total. The Morgan fingerprint density at radius 3 is 2.44 bits per heavy atom. The maximum absolute atomic E-state index is 12.4. The second-order valence-electron chi connectivity index (χ2n) is 8.55. The van der Waals surface area contributed by atoms with Crippen LogP contribution in [0.15, 0.2) is 29.2 Å². The van der Waals surface area contributed by atoms with Gasteiger partial charge in [0.2, 0.25) is 0 Å². The normalized spacial score (nSPS) is 28.2. The maximum Gasteiger partial charge on any atom is 0.183 e. The third-order valence-electron chi connectivity index (χ3n) is 6.57. The van der Waals surface area contributed by atoms with Gasteiger partial charge >= 0.3 is 0 Å². The molecule has 0 bridgehead atoms. The highest BCUT2D eigenvalue weighted by Crippen LogP contribution is 2.32. The second-order valence-corrected chi connectivity index (χ2v) is 10.8. The summed E-state index contributed by atoms with van der Waals surface area (Å²) in [5.74, 6) is 1.33. The first-order valence-corrected chi connectivity index (χ1v) is 12.0. The highest BCUT2D eigenvalue weighted by atomic mass is 32.2. The van der Waals surface area contributed by atoms with Crippen LogP contribution in [0.1, 0.15) is 45.4 Å². The number of benzene rings is 1.